The SMILES string of the molecule is C/C=C1\[C@H]2C=C(C)C[C@]1(NC(=O)OC)Cc1[nH]c(=O)ccc12. The molecule has 5 nitrogen and oxygen atoms in total. The number of allylic oxidation sites excluding steroid dienone is 2. The first-order valence-corrected chi connectivity index (χ1v) is 7.41. The molecule has 2 atom stereocenters. The number of nitrogens with one attached hydrogen (secondary N) is 2. The maximum atomic E-state index is 11.9. The molecule has 0 spiro atoms. The Balaban J connectivity index is 2.19. The molecule has 22 heavy (non-hydrogen) atoms. The van der Waals surface area contributed by atoms with E-state index in [1.807, 2.05) is 13.0 Å². The number of ether oxygens (including phenoxy) is 1. The third-order valence-corrected chi connectivity index (χ3v) is 4.61. The maximum Gasteiger partial charge on any atom is 0.407 e. The number of H-pyrrole nitrogens is 1. The van der Waals surface area contributed by atoms with Crippen LogP contribution >= 0.6 is 0 Å². The van der Waals surface area contributed by atoms with Crippen LogP contribution in [0.25, 0.3) is 0 Å². The number of hydrogen-bond acceptors (Lipinski definition) is 3. The third kappa shape index (κ3) is 2.17. The fourth-order valence-corrected chi connectivity index (χ4v) is 3.86. The van der Waals surface area contributed by atoms with Gasteiger partial charge >= 0.3 is 6.09 Å². The molecule has 0 fully saturated rings. The van der Waals surface area contributed by atoms with Crippen molar-refractivity contribution in [3.63, 3.8) is 0 Å². The lowest BCUT2D eigenvalue weighted by Gasteiger charge is -2.47. The van der Waals surface area contributed by atoms with Crippen molar-refractivity contribution in [1.29, 1.82) is 0 Å². The Morgan fingerprint density at radius 1 is 1.45 bits per heavy atom. The molecule has 116 valence electrons. The fraction of sp³-hybridized carbons (Fsp3) is 0.412. The number of rotatable bonds is 1. The number of fused-ring (bicyclic) bond motifs is 4. The van der Waals surface area contributed by atoms with Gasteiger partial charge in [-0.3, -0.25) is 4.79 Å². The van der Waals surface area contributed by atoms with E-state index in [1.54, 1.807) is 6.07 Å². The second kappa shape index (κ2) is 5.16. The van der Waals surface area contributed by atoms with E-state index in [0.29, 0.717) is 12.8 Å². The standard InChI is InChI=1S/C17H20N2O3/c1-4-13-12-7-10(2)8-17(13,19-16(21)22-3)9-14-11(12)5-6-15(20)18-14/h4-7,12H,8-9H2,1-3H3,(H,18,20)(H,19,21)/b13-4+/t12-,17-/m0/s1. The molecule has 3 rings (SSSR count). The predicted molar refractivity (Wildman–Crippen MR) is 83.9 cm³/mol. The number of amides is 1. The molecular weight excluding hydrogens is 280 g/mol. The van der Waals surface area contributed by atoms with Crippen molar-refractivity contribution >= 4 is 6.09 Å². The highest BCUT2D eigenvalue weighted by Gasteiger charge is 2.46. The summed E-state index contributed by atoms with van der Waals surface area (Å²) in [4.78, 5) is 26.5. The van der Waals surface area contributed by atoms with Gasteiger partial charge in [0.25, 0.3) is 0 Å². The number of pyridine rings is 1. The molecule has 0 saturated heterocycles. The van der Waals surface area contributed by atoms with E-state index in [4.69, 9.17) is 4.74 Å². The van der Waals surface area contributed by atoms with Crippen LogP contribution in [0.2, 0.25) is 0 Å². The Kier molecular flexibility index (Phi) is 3.43. The molecule has 2 aliphatic rings. The van der Waals surface area contributed by atoms with Crippen molar-refractivity contribution in [1.82, 2.24) is 10.3 Å². The van der Waals surface area contributed by atoms with Gasteiger partial charge in [0.2, 0.25) is 5.56 Å². The molecule has 0 saturated carbocycles. The summed E-state index contributed by atoms with van der Waals surface area (Å²) >= 11 is 0. The number of methoxy groups -OCH3 is 1. The summed E-state index contributed by atoms with van der Waals surface area (Å²) in [5, 5.41) is 3.01. The first kappa shape index (κ1) is 14.6. The van der Waals surface area contributed by atoms with E-state index in [2.05, 4.69) is 29.4 Å². The van der Waals surface area contributed by atoms with Crippen LogP contribution in [0.3, 0.4) is 0 Å². The number of carbonyl (C=O) groups is 1. The summed E-state index contributed by atoms with van der Waals surface area (Å²) in [6, 6.07) is 3.45. The molecule has 0 unspecified atom stereocenters. The third-order valence-electron chi connectivity index (χ3n) is 4.61. The van der Waals surface area contributed by atoms with Crippen molar-refractivity contribution in [2.45, 2.75) is 38.1 Å². The Morgan fingerprint density at radius 3 is 2.91 bits per heavy atom. The first-order chi connectivity index (χ1) is 10.5. The van der Waals surface area contributed by atoms with Crippen LogP contribution < -0.4 is 10.9 Å². The Morgan fingerprint density at radius 2 is 2.23 bits per heavy atom. The van der Waals surface area contributed by atoms with E-state index in [0.717, 1.165) is 16.8 Å². The molecule has 0 aliphatic heterocycles. The van der Waals surface area contributed by atoms with E-state index < -0.39 is 11.6 Å². The van der Waals surface area contributed by atoms with E-state index in [-0.39, 0.29) is 11.5 Å². The van der Waals surface area contributed by atoms with Crippen LogP contribution in [-0.4, -0.2) is 23.7 Å². The Bertz CT molecular complexity index is 745. The van der Waals surface area contributed by atoms with Crippen LogP contribution in [0.15, 0.2) is 40.2 Å². The van der Waals surface area contributed by atoms with Crippen molar-refractivity contribution in [2.24, 2.45) is 0 Å². The minimum atomic E-state index is -0.525. The van der Waals surface area contributed by atoms with E-state index >= 15 is 0 Å². The molecule has 2 N–H and O–H groups in total. The molecular formula is C17H20N2O3. The largest absolute Gasteiger partial charge is 0.453 e. The van der Waals surface area contributed by atoms with Gasteiger partial charge in [-0.25, -0.2) is 4.79 Å². The Labute approximate surface area is 129 Å². The molecule has 1 aromatic rings. The highest BCUT2D eigenvalue weighted by molar-refractivity contribution is 5.70. The quantitative estimate of drug-likeness (QED) is 0.782. The minimum Gasteiger partial charge on any atom is -0.453 e. The molecule has 1 heterocycles. The number of aromatic amines is 1. The monoisotopic (exact) mass is 300 g/mol. The average molecular weight is 300 g/mol. The zero-order chi connectivity index (χ0) is 15.9. The number of hydrogen-bond donors (Lipinski definition) is 2. The smallest absolute Gasteiger partial charge is 0.407 e. The molecule has 1 amide bonds. The lowest BCUT2D eigenvalue weighted by Crippen LogP contribution is -2.56. The first-order valence-electron chi connectivity index (χ1n) is 7.41. The van der Waals surface area contributed by atoms with E-state index in [1.165, 1.54) is 12.7 Å². The summed E-state index contributed by atoms with van der Waals surface area (Å²) in [5.41, 5.74) is 3.74. The zero-order valence-corrected chi connectivity index (χ0v) is 13.0. The average Bonchev–Trinajstić information content (AvgIpc) is 2.45. The van der Waals surface area contributed by atoms with Crippen LogP contribution in [-0.2, 0) is 11.2 Å². The molecule has 1 aromatic heterocycles. The van der Waals surface area contributed by atoms with Gasteiger partial charge in [-0.05, 0) is 31.4 Å². The van der Waals surface area contributed by atoms with E-state index in [9.17, 15) is 9.59 Å². The summed E-state index contributed by atoms with van der Waals surface area (Å²) < 4.78 is 4.81. The van der Waals surface area contributed by atoms with Gasteiger partial charge in [-0.2, -0.15) is 0 Å². The van der Waals surface area contributed by atoms with Crippen LogP contribution in [0.1, 0.15) is 37.4 Å². The second-order valence-corrected chi connectivity index (χ2v) is 6.04. The van der Waals surface area contributed by atoms with Gasteiger partial charge in [0.05, 0.1) is 12.6 Å². The molecule has 0 aromatic carbocycles. The van der Waals surface area contributed by atoms with Crippen molar-refractivity contribution < 1.29 is 9.53 Å². The lowest BCUT2D eigenvalue weighted by molar-refractivity contribution is 0.156. The topological polar surface area (TPSA) is 71.2 Å². The number of aromatic nitrogens is 1. The highest BCUT2D eigenvalue weighted by Crippen LogP contribution is 2.48. The fourth-order valence-electron chi connectivity index (χ4n) is 3.86. The van der Waals surface area contributed by atoms with Crippen molar-refractivity contribution in [2.75, 3.05) is 7.11 Å². The number of carbonyl (C=O) groups excluding carboxylic acids is 1. The maximum absolute atomic E-state index is 11.9. The summed E-state index contributed by atoms with van der Waals surface area (Å²) in [5.74, 6) is 0.0801. The normalized spacial score (nSPS) is 27.9. The van der Waals surface area contributed by atoms with Gasteiger partial charge in [0, 0.05) is 24.1 Å². The second-order valence-electron chi connectivity index (χ2n) is 6.04. The van der Waals surface area contributed by atoms with Crippen LogP contribution in [0.5, 0.6) is 0 Å². The lowest BCUT2D eigenvalue weighted by atomic mass is 9.63. The minimum absolute atomic E-state index is 0.0801. The van der Waals surface area contributed by atoms with Crippen molar-refractivity contribution in [3.05, 3.63) is 57.0 Å². The van der Waals surface area contributed by atoms with Crippen molar-refractivity contribution in [3.8, 4) is 0 Å². The number of alkyl carbamates (subject to hydrolysis) is 1. The van der Waals surface area contributed by atoms with Gasteiger partial charge in [0.1, 0.15) is 0 Å². The Hall–Kier alpha value is -2.30. The van der Waals surface area contributed by atoms with Gasteiger partial charge in [-0.15, -0.1) is 0 Å². The van der Waals surface area contributed by atoms with Gasteiger partial charge in [-0.1, -0.05) is 23.8 Å². The van der Waals surface area contributed by atoms with Crippen LogP contribution in [0.4, 0.5) is 4.79 Å². The molecule has 2 bridgehead atoms. The molecule has 0 radical (unpaired) electrons. The summed E-state index contributed by atoms with van der Waals surface area (Å²) in [7, 11) is 1.36. The summed E-state index contributed by atoms with van der Waals surface area (Å²) in [6.07, 6.45) is 5.11. The highest BCUT2D eigenvalue weighted by atomic mass is 16.5. The van der Waals surface area contributed by atoms with Gasteiger partial charge < -0.3 is 15.0 Å². The predicted octanol–water partition coefficient (Wildman–Crippen LogP) is 2.41. The molecule has 2 aliphatic carbocycles. The molecule has 5 heteroatoms. The zero-order valence-electron chi connectivity index (χ0n) is 13.0. The van der Waals surface area contributed by atoms with Crippen LogP contribution in [0, 0.1) is 0 Å². The summed E-state index contributed by atoms with van der Waals surface area (Å²) in [6.45, 7) is 4.06. The van der Waals surface area contributed by atoms with Gasteiger partial charge in [0.15, 0.2) is 0 Å².